The number of hydrogen-bond acceptors (Lipinski definition) is 2. The summed E-state index contributed by atoms with van der Waals surface area (Å²) in [6.45, 7) is 8.88. The van der Waals surface area contributed by atoms with Crippen molar-refractivity contribution in [1.29, 1.82) is 0 Å². The molecule has 1 heterocycles. The van der Waals surface area contributed by atoms with Gasteiger partial charge in [0.05, 0.1) is 11.8 Å². The van der Waals surface area contributed by atoms with E-state index in [1.165, 1.54) is 16.7 Å². The maximum absolute atomic E-state index is 5.73. The molecule has 0 spiro atoms. The highest BCUT2D eigenvalue weighted by atomic mass is 16.5. The summed E-state index contributed by atoms with van der Waals surface area (Å²) in [4.78, 5) is 4.38. The average Bonchev–Trinajstić information content (AvgIpc) is 2.88. The molecule has 1 aromatic heterocycles. The van der Waals surface area contributed by atoms with E-state index >= 15 is 0 Å². The summed E-state index contributed by atoms with van der Waals surface area (Å²) < 4.78 is 5.73. The van der Waals surface area contributed by atoms with Crippen LogP contribution in [0.2, 0.25) is 0 Å². The molecule has 1 aromatic rings. The molecule has 2 rings (SSSR count). The van der Waals surface area contributed by atoms with Crippen LogP contribution in [0.5, 0.6) is 0 Å². The van der Waals surface area contributed by atoms with E-state index in [1.54, 1.807) is 0 Å². The molecule has 0 fully saturated rings. The second-order valence-corrected chi connectivity index (χ2v) is 5.12. The van der Waals surface area contributed by atoms with E-state index in [0.29, 0.717) is 6.10 Å². The highest BCUT2D eigenvalue weighted by Crippen LogP contribution is 2.32. The van der Waals surface area contributed by atoms with Crippen molar-refractivity contribution >= 4 is 5.57 Å². The summed E-state index contributed by atoms with van der Waals surface area (Å²) in [5, 5.41) is 0. The fourth-order valence-electron chi connectivity index (χ4n) is 2.64. The van der Waals surface area contributed by atoms with Crippen LogP contribution in [0.1, 0.15) is 38.8 Å². The lowest BCUT2D eigenvalue weighted by molar-refractivity contribution is 0.0706. The Balaban J connectivity index is 2.04. The largest absolute Gasteiger partial charge is 0.378 e. The average molecular weight is 269 g/mol. The van der Waals surface area contributed by atoms with Gasteiger partial charge in [0.2, 0.25) is 0 Å². The van der Waals surface area contributed by atoms with Gasteiger partial charge in [-0.3, -0.25) is 4.98 Å². The van der Waals surface area contributed by atoms with Gasteiger partial charge in [0.1, 0.15) is 0 Å². The molecule has 0 aliphatic heterocycles. The number of nitrogens with zero attached hydrogens (tertiary/aromatic N) is 1. The number of hydrogen-bond donors (Lipinski definition) is 0. The summed E-state index contributed by atoms with van der Waals surface area (Å²) in [6.07, 6.45) is 9.42. The molecule has 1 unspecified atom stereocenters. The molecule has 20 heavy (non-hydrogen) atoms. The van der Waals surface area contributed by atoms with Gasteiger partial charge in [-0.15, -0.1) is 0 Å². The van der Waals surface area contributed by atoms with Gasteiger partial charge < -0.3 is 4.74 Å². The molecule has 106 valence electrons. The molecular weight excluding hydrogens is 246 g/mol. The van der Waals surface area contributed by atoms with Gasteiger partial charge in [-0.05, 0) is 56.4 Å². The van der Waals surface area contributed by atoms with Crippen molar-refractivity contribution in [2.75, 3.05) is 6.61 Å². The Hall–Kier alpha value is -1.67. The Bertz CT molecular complexity index is 513. The van der Waals surface area contributed by atoms with E-state index in [0.717, 1.165) is 31.6 Å². The molecular formula is C18H23NO. The van der Waals surface area contributed by atoms with E-state index in [-0.39, 0.29) is 0 Å². The van der Waals surface area contributed by atoms with Crippen molar-refractivity contribution < 1.29 is 4.74 Å². The van der Waals surface area contributed by atoms with Crippen molar-refractivity contribution in [2.24, 2.45) is 0 Å². The maximum Gasteiger partial charge on any atom is 0.0655 e. The summed E-state index contributed by atoms with van der Waals surface area (Å²) in [5.41, 5.74) is 5.08. The molecule has 0 saturated carbocycles. The van der Waals surface area contributed by atoms with E-state index in [4.69, 9.17) is 4.74 Å². The quantitative estimate of drug-likeness (QED) is 0.755. The zero-order valence-electron chi connectivity index (χ0n) is 12.4. The van der Waals surface area contributed by atoms with Crippen LogP contribution in [0.25, 0.3) is 5.57 Å². The zero-order chi connectivity index (χ0) is 14.4. The van der Waals surface area contributed by atoms with Crippen LogP contribution in [0.3, 0.4) is 0 Å². The van der Waals surface area contributed by atoms with Crippen LogP contribution in [-0.2, 0) is 4.74 Å². The molecule has 2 heteroatoms. The number of allylic oxidation sites excluding steroid dienone is 3. The fourth-order valence-corrected chi connectivity index (χ4v) is 2.64. The van der Waals surface area contributed by atoms with E-state index in [9.17, 15) is 0 Å². The first-order valence-electron chi connectivity index (χ1n) is 7.27. The molecule has 0 saturated heterocycles. The molecule has 0 radical (unpaired) electrons. The van der Waals surface area contributed by atoms with E-state index in [2.05, 4.69) is 31.5 Å². The van der Waals surface area contributed by atoms with Crippen LogP contribution >= 0.6 is 0 Å². The summed E-state index contributed by atoms with van der Waals surface area (Å²) in [7, 11) is 0. The third-order valence-corrected chi connectivity index (χ3v) is 3.75. The number of rotatable bonds is 6. The molecule has 0 N–H and O–H groups in total. The minimum atomic E-state index is 0.339. The second-order valence-electron chi connectivity index (χ2n) is 5.12. The molecule has 1 aliphatic carbocycles. The molecule has 1 atom stereocenters. The minimum absolute atomic E-state index is 0.339. The molecule has 0 aromatic carbocycles. The van der Waals surface area contributed by atoms with Gasteiger partial charge in [-0.2, -0.15) is 0 Å². The number of aromatic nitrogens is 1. The monoisotopic (exact) mass is 269 g/mol. The SMILES string of the molecule is C=CC1=C(C/C=C(\C)c2ccccn2)CC(OCC)C1. The molecule has 1 aliphatic rings. The third kappa shape index (κ3) is 3.67. The topological polar surface area (TPSA) is 22.1 Å². The minimum Gasteiger partial charge on any atom is -0.378 e. The van der Waals surface area contributed by atoms with Gasteiger partial charge in [-0.25, -0.2) is 0 Å². The number of pyridine rings is 1. The van der Waals surface area contributed by atoms with Gasteiger partial charge in [-0.1, -0.05) is 30.4 Å². The van der Waals surface area contributed by atoms with Crippen LogP contribution in [0, 0.1) is 0 Å². The second kappa shape index (κ2) is 7.20. The first kappa shape index (κ1) is 14.7. The smallest absolute Gasteiger partial charge is 0.0655 e. The van der Waals surface area contributed by atoms with Gasteiger partial charge in [0.15, 0.2) is 0 Å². The predicted octanol–water partition coefficient (Wildman–Crippen LogP) is 4.56. The molecule has 2 nitrogen and oxygen atoms in total. The highest BCUT2D eigenvalue weighted by Gasteiger charge is 2.21. The van der Waals surface area contributed by atoms with E-state index < -0.39 is 0 Å². The first-order chi connectivity index (χ1) is 9.74. The van der Waals surface area contributed by atoms with Crippen molar-refractivity contribution in [3.05, 3.63) is 60.0 Å². The highest BCUT2D eigenvalue weighted by molar-refractivity contribution is 5.60. The lowest BCUT2D eigenvalue weighted by atomic mass is 10.0. The van der Waals surface area contributed by atoms with Crippen molar-refractivity contribution in [2.45, 2.75) is 39.2 Å². The Kier molecular flexibility index (Phi) is 5.31. The van der Waals surface area contributed by atoms with Gasteiger partial charge in [0.25, 0.3) is 0 Å². The normalized spacial score (nSPS) is 19.5. The van der Waals surface area contributed by atoms with E-state index in [1.807, 2.05) is 30.5 Å². The van der Waals surface area contributed by atoms with Crippen molar-refractivity contribution in [3.8, 4) is 0 Å². The van der Waals surface area contributed by atoms with Crippen LogP contribution in [0.15, 0.2) is 54.3 Å². The Morgan fingerprint density at radius 2 is 2.30 bits per heavy atom. The molecule has 0 amide bonds. The van der Waals surface area contributed by atoms with Crippen LogP contribution < -0.4 is 0 Å². The van der Waals surface area contributed by atoms with Gasteiger partial charge >= 0.3 is 0 Å². The lowest BCUT2D eigenvalue weighted by Crippen LogP contribution is -2.08. The predicted molar refractivity (Wildman–Crippen MR) is 84.4 cm³/mol. The molecule has 0 bridgehead atoms. The maximum atomic E-state index is 5.73. The van der Waals surface area contributed by atoms with Crippen LogP contribution in [-0.4, -0.2) is 17.7 Å². The Morgan fingerprint density at radius 1 is 1.45 bits per heavy atom. The zero-order valence-corrected chi connectivity index (χ0v) is 12.4. The summed E-state index contributed by atoms with van der Waals surface area (Å²) >= 11 is 0. The summed E-state index contributed by atoms with van der Waals surface area (Å²) in [6, 6.07) is 6.01. The van der Waals surface area contributed by atoms with Crippen molar-refractivity contribution in [3.63, 3.8) is 0 Å². The standard InChI is InChI=1S/C18H23NO/c1-4-15-12-17(20-5-2)13-16(15)10-9-14(3)18-8-6-7-11-19-18/h4,6-9,11,17H,1,5,10,12-13H2,2-3H3/b14-9+. The number of ether oxygens (including phenoxy) is 1. The Morgan fingerprint density at radius 3 is 2.95 bits per heavy atom. The van der Waals surface area contributed by atoms with Crippen molar-refractivity contribution in [1.82, 2.24) is 4.98 Å². The van der Waals surface area contributed by atoms with Gasteiger partial charge in [0, 0.05) is 12.8 Å². The third-order valence-electron chi connectivity index (χ3n) is 3.75. The Labute approximate surface area is 121 Å². The summed E-state index contributed by atoms with van der Waals surface area (Å²) in [5.74, 6) is 0. The first-order valence-corrected chi connectivity index (χ1v) is 7.27. The van der Waals surface area contributed by atoms with Crippen LogP contribution in [0.4, 0.5) is 0 Å². The lowest BCUT2D eigenvalue weighted by Gasteiger charge is -2.09. The fraction of sp³-hybridized carbons (Fsp3) is 0.389.